The Balaban J connectivity index is 1.61. The molecular formula is C20H20FN3O4S. The minimum Gasteiger partial charge on any atom is -0.459 e. The fourth-order valence-electron chi connectivity index (χ4n) is 2.82. The molecule has 152 valence electrons. The lowest BCUT2D eigenvalue weighted by Gasteiger charge is -2.18. The van der Waals surface area contributed by atoms with Crippen LogP contribution in [0.5, 0.6) is 0 Å². The Hall–Kier alpha value is -3.07. The lowest BCUT2D eigenvalue weighted by Crippen LogP contribution is -2.23. The zero-order chi connectivity index (χ0) is 21.0. The number of amides is 1. The van der Waals surface area contributed by atoms with Gasteiger partial charge in [-0.2, -0.15) is 0 Å². The summed E-state index contributed by atoms with van der Waals surface area (Å²) in [7, 11) is 0. The molecule has 0 aliphatic rings. The number of anilines is 2. The van der Waals surface area contributed by atoms with Crippen LogP contribution >= 0.6 is 11.3 Å². The van der Waals surface area contributed by atoms with E-state index in [1.54, 1.807) is 24.4 Å². The second-order valence-corrected chi connectivity index (χ2v) is 7.23. The number of nitrogens with zero attached hydrogens (tertiary/aromatic N) is 3. The van der Waals surface area contributed by atoms with Crippen molar-refractivity contribution in [3.63, 3.8) is 0 Å². The molecule has 3 rings (SSSR count). The van der Waals surface area contributed by atoms with Crippen molar-refractivity contribution < 1.29 is 23.2 Å². The van der Waals surface area contributed by atoms with Gasteiger partial charge in [0, 0.05) is 24.3 Å². The van der Waals surface area contributed by atoms with Gasteiger partial charge in [0.25, 0.3) is 0 Å². The van der Waals surface area contributed by atoms with Crippen LogP contribution in [0.1, 0.15) is 36.1 Å². The number of hydrogen-bond acceptors (Lipinski definition) is 7. The molecule has 3 aromatic rings. The van der Waals surface area contributed by atoms with Crippen LogP contribution in [0.25, 0.3) is 0 Å². The van der Waals surface area contributed by atoms with Crippen molar-refractivity contribution in [3.8, 4) is 0 Å². The van der Waals surface area contributed by atoms with Crippen molar-refractivity contribution in [2.24, 2.45) is 0 Å². The molecule has 0 bridgehead atoms. The quantitative estimate of drug-likeness (QED) is 0.534. The van der Waals surface area contributed by atoms with Gasteiger partial charge < -0.3 is 9.26 Å². The number of hydrogen-bond donors (Lipinski definition) is 0. The van der Waals surface area contributed by atoms with Gasteiger partial charge >= 0.3 is 5.97 Å². The molecule has 2 aromatic heterocycles. The predicted molar refractivity (Wildman–Crippen MR) is 105 cm³/mol. The molecule has 1 amide bonds. The Kier molecular flexibility index (Phi) is 6.38. The van der Waals surface area contributed by atoms with Gasteiger partial charge in [0.1, 0.15) is 18.2 Å². The molecule has 0 spiro atoms. The van der Waals surface area contributed by atoms with E-state index in [0.717, 1.165) is 11.3 Å². The summed E-state index contributed by atoms with van der Waals surface area (Å²) in [6, 6.07) is 5.98. The summed E-state index contributed by atoms with van der Waals surface area (Å²) in [6.07, 6.45) is 0.669. The first-order valence-electron chi connectivity index (χ1n) is 8.93. The largest absolute Gasteiger partial charge is 0.459 e. The summed E-state index contributed by atoms with van der Waals surface area (Å²) < 4.78 is 24.4. The van der Waals surface area contributed by atoms with Crippen molar-refractivity contribution in [1.82, 2.24) is 10.1 Å². The molecule has 0 aliphatic heterocycles. The molecule has 0 radical (unpaired) electrons. The Morgan fingerprint density at radius 1 is 1.28 bits per heavy atom. The average molecular weight is 417 g/mol. The lowest BCUT2D eigenvalue weighted by molar-refractivity contribution is -0.145. The fourth-order valence-corrected chi connectivity index (χ4v) is 3.68. The van der Waals surface area contributed by atoms with E-state index >= 15 is 0 Å². The van der Waals surface area contributed by atoms with E-state index in [2.05, 4.69) is 10.1 Å². The summed E-state index contributed by atoms with van der Waals surface area (Å²) in [4.78, 5) is 29.6. The van der Waals surface area contributed by atoms with Gasteiger partial charge in [0.05, 0.1) is 17.1 Å². The molecule has 0 N–H and O–H groups in total. The minimum absolute atomic E-state index is 0.0278. The van der Waals surface area contributed by atoms with Gasteiger partial charge in [0.2, 0.25) is 5.91 Å². The standard InChI is InChI=1S/C20H20FN3O4S/c1-12-16(13(2)28-23-12)8-9-19(26)27-10-15-11-29-20(22-15)24(14(3)25)18-7-5-4-6-17(18)21/h4-7,11H,8-10H2,1-3H3. The van der Waals surface area contributed by atoms with Crippen LogP contribution in [0.15, 0.2) is 34.2 Å². The number of carbonyl (C=O) groups excluding carboxylic acids is 2. The Morgan fingerprint density at radius 3 is 2.69 bits per heavy atom. The van der Waals surface area contributed by atoms with Gasteiger partial charge in [0.15, 0.2) is 5.13 Å². The molecule has 0 saturated heterocycles. The molecule has 29 heavy (non-hydrogen) atoms. The second-order valence-electron chi connectivity index (χ2n) is 6.39. The highest BCUT2D eigenvalue weighted by atomic mass is 32.1. The van der Waals surface area contributed by atoms with E-state index in [1.807, 2.05) is 6.92 Å². The third kappa shape index (κ3) is 4.86. The van der Waals surface area contributed by atoms with Crippen LogP contribution in [0.2, 0.25) is 0 Å². The second kappa shape index (κ2) is 8.95. The fraction of sp³-hybridized carbons (Fsp3) is 0.300. The van der Waals surface area contributed by atoms with Crippen LogP contribution in [-0.4, -0.2) is 22.0 Å². The number of aryl methyl sites for hydroxylation is 2. The summed E-state index contributed by atoms with van der Waals surface area (Å²) in [5.74, 6) is -0.577. The normalized spacial score (nSPS) is 10.8. The zero-order valence-electron chi connectivity index (χ0n) is 16.3. The van der Waals surface area contributed by atoms with Crippen LogP contribution in [0.3, 0.4) is 0 Å². The molecule has 0 saturated carbocycles. The van der Waals surface area contributed by atoms with Gasteiger partial charge in [-0.3, -0.25) is 14.5 Å². The van der Waals surface area contributed by atoms with Crippen molar-refractivity contribution in [1.29, 1.82) is 0 Å². The maximum absolute atomic E-state index is 14.1. The van der Waals surface area contributed by atoms with Crippen molar-refractivity contribution in [3.05, 3.63) is 58.2 Å². The molecule has 2 heterocycles. The van der Waals surface area contributed by atoms with E-state index in [-0.39, 0.29) is 30.6 Å². The molecule has 1 aromatic carbocycles. The zero-order valence-corrected chi connectivity index (χ0v) is 17.1. The topological polar surface area (TPSA) is 85.5 Å². The highest BCUT2D eigenvalue weighted by Gasteiger charge is 2.21. The minimum atomic E-state index is -0.523. The van der Waals surface area contributed by atoms with E-state index in [4.69, 9.17) is 9.26 Å². The molecular weight excluding hydrogens is 397 g/mol. The predicted octanol–water partition coefficient (Wildman–Crippen LogP) is 4.25. The molecule has 0 aliphatic carbocycles. The molecule has 9 heteroatoms. The Bertz CT molecular complexity index is 1010. The SMILES string of the molecule is CC(=O)N(c1nc(COC(=O)CCc2c(C)noc2C)cs1)c1ccccc1F. The van der Waals surface area contributed by atoms with Gasteiger partial charge in [-0.25, -0.2) is 9.37 Å². The maximum Gasteiger partial charge on any atom is 0.306 e. The van der Waals surface area contributed by atoms with Gasteiger partial charge in [-0.05, 0) is 32.4 Å². The number of halogens is 1. The van der Waals surface area contributed by atoms with E-state index < -0.39 is 5.82 Å². The molecule has 0 fully saturated rings. The first-order valence-corrected chi connectivity index (χ1v) is 9.81. The number of ether oxygens (including phenoxy) is 1. The van der Waals surface area contributed by atoms with Crippen LogP contribution in [0.4, 0.5) is 15.2 Å². The third-order valence-corrected chi connectivity index (χ3v) is 5.16. The van der Waals surface area contributed by atoms with Crippen molar-refractivity contribution in [2.75, 3.05) is 4.90 Å². The third-order valence-electron chi connectivity index (χ3n) is 4.28. The molecule has 7 nitrogen and oxygen atoms in total. The number of benzene rings is 1. The number of rotatable bonds is 7. The summed E-state index contributed by atoms with van der Waals surface area (Å²) in [6.45, 7) is 4.93. The van der Waals surface area contributed by atoms with E-state index in [1.165, 1.54) is 35.3 Å². The maximum atomic E-state index is 14.1. The first kappa shape index (κ1) is 20.7. The first-order chi connectivity index (χ1) is 13.9. The van der Waals surface area contributed by atoms with Crippen LogP contribution in [0, 0.1) is 19.7 Å². The number of para-hydroxylation sites is 1. The number of aromatic nitrogens is 2. The molecule has 0 unspecified atom stereocenters. The summed E-state index contributed by atoms with van der Waals surface area (Å²) in [5, 5.41) is 5.84. The van der Waals surface area contributed by atoms with E-state index in [9.17, 15) is 14.0 Å². The van der Waals surface area contributed by atoms with Crippen LogP contribution in [-0.2, 0) is 27.4 Å². The van der Waals surface area contributed by atoms with Gasteiger partial charge in [-0.15, -0.1) is 11.3 Å². The molecule has 0 atom stereocenters. The van der Waals surface area contributed by atoms with Crippen LogP contribution < -0.4 is 4.90 Å². The lowest BCUT2D eigenvalue weighted by atomic mass is 10.1. The monoisotopic (exact) mass is 417 g/mol. The van der Waals surface area contributed by atoms with Crippen molar-refractivity contribution in [2.45, 2.75) is 40.2 Å². The summed E-state index contributed by atoms with van der Waals surface area (Å²) >= 11 is 1.17. The van der Waals surface area contributed by atoms with E-state index in [0.29, 0.717) is 23.0 Å². The Morgan fingerprint density at radius 2 is 2.03 bits per heavy atom. The highest BCUT2D eigenvalue weighted by Crippen LogP contribution is 2.30. The summed E-state index contributed by atoms with van der Waals surface area (Å²) in [5.41, 5.74) is 2.27. The Labute approximate surface area is 171 Å². The number of carbonyl (C=O) groups is 2. The smallest absolute Gasteiger partial charge is 0.306 e. The number of esters is 1. The number of thiazole rings is 1. The van der Waals surface area contributed by atoms with Gasteiger partial charge in [-0.1, -0.05) is 17.3 Å². The average Bonchev–Trinajstić information content (AvgIpc) is 3.27. The highest BCUT2D eigenvalue weighted by molar-refractivity contribution is 7.14. The van der Waals surface area contributed by atoms with Crippen molar-refractivity contribution >= 4 is 34.0 Å².